The zero-order valence-corrected chi connectivity index (χ0v) is 15.8. The first-order valence-electron chi connectivity index (χ1n) is 8.44. The topological polar surface area (TPSA) is 46.2 Å². The van der Waals surface area contributed by atoms with Crippen LogP contribution in [0, 0.1) is 0 Å². The van der Waals surface area contributed by atoms with Crippen molar-refractivity contribution >= 4 is 15.7 Å². The van der Waals surface area contributed by atoms with Crippen LogP contribution in [0.3, 0.4) is 0 Å². The van der Waals surface area contributed by atoms with E-state index in [9.17, 15) is 8.42 Å². The summed E-state index contributed by atoms with van der Waals surface area (Å²) >= 11 is 0. The Balaban J connectivity index is 2.13. The molecule has 0 saturated heterocycles. The summed E-state index contributed by atoms with van der Waals surface area (Å²) in [5.74, 6) is 0. The SMILES string of the molecule is CCCCc1ccc(NS(=O)(=O)c2ccc(C(C)(C)C)cc2)cc1. The van der Waals surface area contributed by atoms with Crippen molar-refractivity contribution in [2.24, 2.45) is 0 Å². The number of anilines is 1. The molecule has 2 aromatic carbocycles. The maximum absolute atomic E-state index is 12.5. The van der Waals surface area contributed by atoms with Crippen LogP contribution in [0.1, 0.15) is 51.7 Å². The lowest BCUT2D eigenvalue weighted by atomic mass is 9.87. The third kappa shape index (κ3) is 4.84. The normalized spacial score (nSPS) is 12.2. The second-order valence-electron chi connectivity index (χ2n) is 7.18. The van der Waals surface area contributed by atoms with Crippen molar-refractivity contribution in [2.45, 2.75) is 57.3 Å². The van der Waals surface area contributed by atoms with Gasteiger partial charge in [-0.2, -0.15) is 0 Å². The van der Waals surface area contributed by atoms with Gasteiger partial charge in [-0.05, 0) is 53.6 Å². The van der Waals surface area contributed by atoms with Crippen molar-refractivity contribution in [3.8, 4) is 0 Å². The molecule has 2 rings (SSSR count). The van der Waals surface area contributed by atoms with Gasteiger partial charge in [0.1, 0.15) is 0 Å². The molecule has 0 heterocycles. The van der Waals surface area contributed by atoms with Crippen LogP contribution >= 0.6 is 0 Å². The minimum atomic E-state index is -3.56. The molecule has 0 aliphatic carbocycles. The Morgan fingerprint density at radius 3 is 2.00 bits per heavy atom. The fourth-order valence-corrected chi connectivity index (χ4v) is 3.53. The van der Waals surface area contributed by atoms with E-state index in [4.69, 9.17) is 0 Å². The molecule has 0 aromatic heterocycles. The molecule has 4 heteroatoms. The van der Waals surface area contributed by atoms with Gasteiger partial charge in [0.25, 0.3) is 10.0 Å². The van der Waals surface area contributed by atoms with Gasteiger partial charge < -0.3 is 0 Å². The minimum Gasteiger partial charge on any atom is -0.280 e. The molecule has 0 aliphatic heterocycles. The van der Waals surface area contributed by atoms with E-state index in [1.807, 2.05) is 36.4 Å². The van der Waals surface area contributed by atoms with Gasteiger partial charge in [0.2, 0.25) is 0 Å². The van der Waals surface area contributed by atoms with Crippen LogP contribution in [0.4, 0.5) is 5.69 Å². The monoisotopic (exact) mass is 345 g/mol. The molecule has 0 amide bonds. The molecule has 0 fully saturated rings. The lowest BCUT2D eigenvalue weighted by Gasteiger charge is -2.19. The highest BCUT2D eigenvalue weighted by Gasteiger charge is 2.17. The Kier molecular flexibility index (Phi) is 5.70. The van der Waals surface area contributed by atoms with Crippen molar-refractivity contribution in [1.82, 2.24) is 0 Å². The molecule has 0 radical (unpaired) electrons. The predicted molar refractivity (Wildman–Crippen MR) is 101 cm³/mol. The first-order valence-corrected chi connectivity index (χ1v) is 9.93. The number of sulfonamides is 1. The van der Waals surface area contributed by atoms with Gasteiger partial charge in [-0.3, -0.25) is 4.72 Å². The van der Waals surface area contributed by atoms with Gasteiger partial charge in [-0.25, -0.2) is 8.42 Å². The maximum atomic E-state index is 12.5. The van der Waals surface area contributed by atoms with E-state index in [1.54, 1.807) is 12.1 Å². The molecule has 0 saturated carbocycles. The highest BCUT2D eigenvalue weighted by atomic mass is 32.2. The molecular weight excluding hydrogens is 318 g/mol. The van der Waals surface area contributed by atoms with E-state index >= 15 is 0 Å². The number of aryl methyl sites for hydroxylation is 1. The molecule has 2 aromatic rings. The van der Waals surface area contributed by atoms with Crippen LogP contribution < -0.4 is 4.72 Å². The van der Waals surface area contributed by atoms with E-state index in [0.717, 1.165) is 24.8 Å². The predicted octanol–water partition coefficient (Wildman–Crippen LogP) is 5.13. The zero-order chi connectivity index (χ0) is 17.8. The fourth-order valence-electron chi connectivity index (χ4n) is 2.47. The lowest BCUT2D eigenvalue weighted by molar-refractivity contribution is 0.587. The third-order valence-electron chi connectivity index (χ3n) is 4.06. The Bertz CT molecular complexity index is 755. The van der Waals surface area contributed by atoms with Crippen molar-refractivity contribution in [1.29, 1.82) is 0 Å². The third-order valence-corrected chi connectivity index (χ3v) is 5.45. The Morgan fingerprint density at radius 1 is 0.917 bits per heavy atom. The van der Waals surface area contributed by atoms with Crippen LogP contribution in [0.25, 0.3) is 0 Å². The smallest absolute Gasteiger partial charge is 0.261 e. The Morgan fingerprint density at radius 2 is 1.50 bits per heavy atom. The zero-order valence-electron chi connectivity index (χ0n) is 15.0. The van der Waals surface area contributed by atoms with Gasteiger partial charge >= 0.3 is 0 Å². The van der Waals surface area contributed by atoms with Gasteiger partial charge in [0.05, 0.1) is 4.90 Å². The van der Waals surface area contributed by atoms with Crippen molar-refractivity contribution in [3.05, 3.63) is 59.7 Å². The highest BCUT2D eigenvalue weighted by Crippen LogP contribution is 2.24. The van der Waals surface area contributed by atoms with Gasteiger partial charge in [0, 0.05) is 5.69 Å². The lowest BCUT2D eigenvalue weighted by Crippen LogP contribution is -2.14. The fraction of sp³-hybridized carbons (Fsp3) is 0.400. The number of hydrogen-bond acceptors (Lipinski definition) is 2. The van der Waals surface area contributed by atoms with Crippen LogP contribution in [0.5, 0.6) is 0 Å². The highest BCUT2D eigenvalue weighted by molar-refractivity contribution is 7.92. The van der Waals surface area contributed by atoms with Crippen LogP contribution in [-0.2, 0) is 21.9 Å². The van der Waals surface area contributed by atoms with E-state index in [1.165, 1.54) is 5.56 Å². The summed E-state index contributed by atoms with van der Waals surface area (Å²) in [5.41, 5.74) is 2.94. The van der Waals surface area contributed by atoms with E-state index in [2.05, 4.69) is 32.4 Å². The standard InChI is InChI=1S/C20H27NO2S/c1-5-6-7-16-8-12-18(13-9-16)21-24(22,23)19-14-10-17(11-15-19)20(2,3)4/h8-15,21H,5-7H2,1-4H3. The Labute approximate surface area is 146 Å². The maximum Gasteiger partial charge on any atom is 0.261 e. The molecule has 0 spiro atoms. The van der Waals surface area contributed by atoms with Crippen LogP contribution in [-0.4, -0.2) is 8.42 Å². The number of nitrogens with one attached hydrogen (secondary N) is 1. The number of unbranched alkanes of at least 4 members (excludes halogenated alkanes) is 1. The molecule has 0 bridgehead atoms. The number of benzene rings is 2. The molecular formula is C20H27NO2S. The first kappa shape index (κ1) is 18.5. The second kappa shape index (κ2) is 7.39. The largest absolute Gasteiger partial charge is 0.280 e. The summed E-state index contributed by atoms with van der Waals surface area (Å²) in [6, 6.07) is 14.7. The first-order chi connectivity index (χ1) is 11.2. The van der Waals surface area contributed by atoms with Crippen molar-refractivity contribution in [2.75, 3.05) is 4.72 Å². The van der Waals surface area contributed by atoms with Gasteiger partial charge in [0.15, 0.2) is 0 Å². The van der Waals surface area contributed by atoms with Crippen LogP contribution in [0.15, 0.2) is 53.4 Å². The van der Waals surface area contributed by atoms with E-state index in [0.29, 0.717) is 5.69 Å². The molecule has 0 aliphatic rings. The summed E-state index contributed by atoms with van der Waals surface area (Å²) < 4.78 is 27.7. The van der Waals surface area contributed by atoms with Crippen molar-refractivity contribution < 1.29 is 8.42 Å². The summed E-state index contributed by atoms with van der Waals surface area (Å²) in [7, 11) is -3.56. The van der Waals surface area contributed by atoms with E-state index in [-0.39, 0.29) is 10.3 Å². The molecule has 1 N–H and O–H groups in total. The van der Waals surface area contributed by atoms with Gasteiger partial charge in [-0.15, -0.1) is 0 Å². The molecule has 0 atom stereocenters. The summed E-state index contributed by atoms with van der Waals surface area (Å²) in [4.78, 5) is 0.283. The molecule has 24 heavy (non-hydrogen) atoms. The number of hydrogen-bond donors (Lipinski definition) is 1. The molecule has 130 valence electrons. The Hall–Kier alpha value is -1.81. The van der Waals surface area contributed by atoms with E-state index < -0.39 is 10.0 Å². The summed E-state index contributed by atoms with van der Waals surface area (Å²) in [6.45, 7) is 8.48. The average molecular weight is 346 g/mol. The summed E-state index contributed by atoms with van der Waals surface area (Å²) in [6.07, 6.45) is 3.32. The quantitative estimate of drug-likeness (QED) is 0.789. The minimum absolute atomic E-state index is 0.00401. The molecule has 0 unspecified atom stereocenters. The van der Waals surface area contributed by atoms with Gasteiger partial charge in [-0.1, -0.05) is 58.4 Å². The number of rotatable bonds is 6. The second-order valence-corrected chi connectivity index (χ2v) is 8.86. The summed E-state index contributed by atoms with van der Waals surface area (Å²) in [5, 5.41) is 0. The van der Waals surface area contributed by atoms with Crippen LogP contribution in [0.2, 0.25) is 0 Å². The average Bonchev–Trinajstić information content (AvgIpc) is 2.53. The molecule has 3 nitrogen and oxygen atoms in total. The van der Waals surface area contributed by atoms with Crippen molar-refractivity contribution in [3.63, 3.8) is 0 Å².